The smallest absolute Gasteiger partial charge is 0.291 e. The Hall–Kier alpha value is -2.95. The summed E-state index contributed by atoms with van der Waals surface area (Å²) in [6, 6.07) is 14.2. The highest BCUT2D eigenvalue weighted by atomic mass is 79.9. The topological polar surface area (TPSA) is 132 Å². The van der Waals surface area contributed by atoms with Gasteiger partial charge in [-0.25, -0.2) is 13.6 Å². The van der Waals surface area contributed by atoms with Gasteiger partial charge < -0.3 is 15.1 Å². The molecule has 0 aliphatic carbocycles. The van der Waals surface area contributed by atoms with Gasteiger partial charge in [0.05, 0.1) is 11.2 Å². The fourth-order valence-electron chi connectivity index (χ4n) is 2.45. The SMILES string of the molecule is NS(=O)(=O)c1cc(C(=O)NCc2ccc(NC(=O)c3ccco3)cc2)ccc1Br. The molecule has 0 atom stereocenters. The highest BCUT2D eigenvalue weighted by Crippen LogP contribution is 2.22. The van der Waals surface area contributed by atoms with Crippen molar-refractivity contribution >= 4 is 43.5 Å². The standard InChI is InChI=1S/C19H16BrN3O5S/c20-15-8-5-13(10-17(15)29(21,26)27)18(24)22-11-12-3-6-14(7-4-12)23-19(25)16-2-1-9-28-16/h1-10H,11H2,(H,22,24)(H,23,25)(H2,21,26,27). The molecular weight excluding hydrogens is 462 g/mol. The van der Waals surface area contributed by atoms with Crippen LogP contribution in [0.5, 0.6) is 0 Å². The first-order chi connectivity index (χ1) is 13.7. The van der Waals surface area contributed by atoms with Gasteiger partial charge in [-0.05, 0) is 64.0 Å². The molecule has 0 saturated heterocycles. The number of primary sulfonamides is 1. The van der Waals surface area contributed by atoms with E-state index in [1.165, 1.54) is 24.5 Å². The molecule has 0 bridgehead atoms. The van der Waals surface area contributed by atoms with Gasteiger partial charge in [-0.3, -0.25) is 9.59 Å². The van der Waals surface area contributed by atoms with Crippen molar-refractivity contribution in [2.24, 2.45) is 5.14 Å². The number of hydrogen-bond donors (Lipinski definition) is 3. The number of anilines is 1. The second kappa shape index (κ2) is 8.60. The van der Waals surface area contributed by atoms with Crippen molar-refractivity contribution in [3.05, 3.63) is 82.2 Å². The van der Waals surface area contributed by atoms with Crippen LogP contribution in [0.4, 0.5) is 5.69 Å². The molecule has 3 aromatic rings. The maximum Gasteiger partial charge on any atom is 0.291 e. The van der Waals surface area contributed by atoms with E-state index in [9.17, 15) is 18.0 Å². The van der Waals surface area contributed by atoms with Crippen molar-refractivity contribution in [3.8, 4) is 0 Å². The Balaban J connectivity index is 1.61. The van der Waals surface area contributed by atoms with E-state index in [1.807, 2.05) is 0 Å². The number of rotatable bonds is 6. The molecule has 0 unspecified atom stereocenters. The van der Waals surface area contributed by atoms with Gasteiger partial charge in [0.15, 0.2) is 5.76 Å². The van der Waals surface area contributed by atoms with Crippen molar-refractivity contribution in [1.29, 1.82) is 0 Å². The molecule has 150 valence electrons. The van der Waals surface area contributed by atoms with Gasteiger partial charge in [0.1, 0.15) is 0 Å². The molecule has 3 rings (SSSR count). The Morgan fingerprint density at radius 3 is 2.38 bits per heavy atom. The van der Waals surface area contributed by atoms with E-state index in [4.69, 9.17) is 9.56 Å². The fraction of sp³-hybridized carbons (Fsp3) is 0.0526. The third kappa shape index (κ3) is 5.31. The largest absolute Gasteiger partial charge is 0.459 e. The van der Waals surface area contributed by atoms with Crippen LogP contribution >= 0.6 is 15.9 Å². The van der Waals surface area contributed by atoms with E-state index in [0.717, 1.165) is 5.56 Å². The Morgan fingerprint density at radius 2 is 1.76 bits per heavy atom. The van der Waals surface area contributed by atoms with Gasteiger partial charge in [0.25, 0.3) is 11.8 Å². The zero-order chi connectivity index (χ0) is 21.0. The molecule has 10 heteroatoms. The average Bonchev–Trinajstić information content (AvgIpc) is 3.21. The number of carbonyl (C=O) groups is 2. The maximum atomic E-state index is 12.3. The highest BCUT2D eigenvalue weighted by molar-refractivity contribution is 9.10. The van der Waals surface area contributed by atoms with Crippen LogP contribution in [0.1, 0.15) is 26.5 Å². The van der Waals surface area contributed by atoms with E-state index >= 15 is 0 Å². The van der Waals surface area contributed by atoms with E-state index in [-0.39, 0.29) is 33.1 Å². The average molecular weight is 478 g/mol. The van der Waals surface area contributed by atoms with E-state index in [2.05, 4.69) is 26.6 Å². The summed E-state index contributed by atoms with van der Waals surface area (Å²) >= 11 is 3.10. The Labute approximate surface area is 175 Å². The van der Waals surface area contributed by atoms with Crippen LogP contribution in [0.25, 0.3) is 0 Å². The molecule has 2 amide bonds. The van der Waals surface area contributed by atoms with Crippen LogP contribution in [-0.2, 0) is 16.6 Å². The van der Waals surface area contributed by atoms with Crippen LogP contribution < -0.4 is 15.8 Å². The summed E-state index contributed by atoms with van der Waals surface area (Å²) in [5, 5.41) is 10.5. The van der Waals surface area contributed by atoms with E-state index in [1.54, 1.807) is 36.4 Å². The van der Waals surface area contributed by atoms with Gasteiger partial charge in [-0.1, -0.05) is 12.1 Å². The number of halogens is 1. The van der Waals surface area contributed by atoms with Crippen molar-refractivity contribution in [2.75, 3.05) is 5.32 Å². The number of nitrogens with two attached hydrogens (primary N) is 1. The molecule has 29 heavy (non-hydrogen) atoms. The number of benzene rings is 2. The molecule has 1 aromatic heterocycles. The third-order valence-electron chi connectivity index (χ3n) is 3.91. The summed E-state index contributed by atoms with van der Waals surface area (Å²) in [5.74, 6) is -0.607. The molecule has 2 aromatic carbocycles. The molecule has 0 saturated carbocycles. The van der Waals surface area contributed by atoms with Crippen LogP contribution in [0.3, 0.4) is 0 Å². The number of carbonyl (C=O) groups excluding carboxylic acids is 2. The Kier molecular flexibility index (Phi) is 6.16. The lowest BCUT2D eigenvalue weighted by atomic mass is 10.2. The van der Waals surface area contributed by atoms with Crippen molar-refractivity contribution < 1.29 is 22.4 Å². The van der Waals surface area contributed by atoms with Crippen molar-refractivity contribution in [2.45, 2.75) is 11.4 Å². The summed E-state index contributed by atoms with van der Waals surface area (Å²) in [5.41, 5.74) is 1.53. The van der Waals surface area contributed by atoms with E-state index < -0.39 is 15.9 Å². The molecular formula is C19H16BrN3O5S. The van der Waals surface area contributed by atoms with E-state index in [0.29, 0.717) is 5.69 Å². The number of nitrogens with one attached hydrogen (secondary N) is 2. The quantitative estimate of drug-likeness (QED) is 0.502. The minimum atomic E-state index is -3.96. The Bertz CT molecular complexity index is 1140. The van der Waals surface area contributed by atoms with Gasteiger partial charge >= 0.3 is 0 Å². The summed E-state index contributed by atoms with van der Waals surface area (Å²) < 4.78 is 28.5. The van der Waals surface area contributed by atoms with Gasteiger partial charge in [-0.2, -0.15) is 0 Å². The zero-order valence-corrected chi connectivity index (χ0v) is 17.3. The lowest BCUT2D eigenvalue weighted by molar-refractivity contribution is 0.0949. The Morgan fingerprint density at radius 1 is 1.03 bits per heavy atom. The predicted molar refractivity (Wildman–Crippen MR) is 110 cm³/mol. The lowest BCUT2D eigenvalue weighted by Crippen LogP contribution is -2.23. The first kappa shape index (κ1) is 20.8. The lowest BCUT2D eigenvalue weighted by Gasteiger charge is -2.09. The number of furan rings is 1. The first-order valence-corrected chi connectivity index (χ1v) is 10.6. The molecule has 0 radical (unpaired) electrons. The maximum absolute atomic E-state index is 12.3. The molecule has 0 aliphatic rings. The van der Waals surface area contributed by atoms with Crippen LogP contribution in [0, 0.1) is 0 Å². The van der Waals surface area contributed by atoms with Gasteiger partial charge in [0.2, 0.25) is 10.0 Å². The molecule has 1 heterocycles. The second-order valence-electron chi connectivity index (χ2n) is 6.00. The molecule has 4 N–H and O–H groups in total. The van der Waals surface area contributed by atoms with Crippen LogP contribution in [0.2, 0.25) is 0 Å². The predicted octanol–water partition coefficient (Wildman–Crippen LogP) is 2.87. The minimum absolute atomic E-state index is 0.165. The van der Waals surface area contributed by atoms with Crippen LogP contribution in [-0.4, -0.2) is 20.2 Å². The monoisotopic (exact) mass is 477 g/mol. The number of sulfonamides is 1. The van der Waals surface area contributed by atoms with Crippen molar-refractivity contribution in [3.63, 3.8) is 0 Å². The normalized spacial score (nSPS) is 11.1. The number of amides is 2. The molecule has 0 aliphatic heterocycles. The fourth-order valence-corrected chi connectivity index (χ4v) is 4.01. The zero-order valence-electron chi connectivity index (χ0n) is 14.9. The highest BCUT2D eigenvalue weighted by Gasteiger charge is 2.16. The summed E-state index contributed by atoms with van der Waals surface area (Å²) in [7, 11) is -3.96. The van der Waals surface area contributed by atoms with Gasteiger partial charge in [-0.15, -0.1) is 0 Å². The summed E-state index contributed by atoms with van der Waals surface area (Å²) in [6.07, 6.45) is 1.41. The van der Waals surface area contributed by atoms with Crippen LogP contribution in [0.15, 0.2) is 74.6 Å². The second-order valence-corrected chi connectivity index (χ2v) is 8.39. The third-order valence-corrected chi connectivity index (χ3v) is 5.81. The summed E-state index contributed by atoms with van der Waals surface area (Å²) in [4.78, 5) is 24.1. The molecule has 0 fully saturated rings. The first-order valence-electron chi connectivity index (χ1n) is 8.28. The molecule has 0 spiro atoms. The van der Waals surface area contributed by atoms with Gasteiger partial charge in [0, 0.05) is 22.3 Å². The minimum Gasteiger partial charge on any atom is -0.459 e. The molecule has 8 nitrogen and oxygen atoms in total. The van der Waals surface area contributed by atoms with Crippen molar-refractivity contribution in [1.82, 2.24) is 5.32 Å². The number of hydrogen-bond acceptors (Lipinski definition) is 5. The summed E-state index contributed by atoms with van der Waals surface area (Å²) in [6.45, 7) is 0.214.